The smallest absolute Gasteiger partial charge is 0.358 e. The first-order valence-electron chi connectivity index (χ1n) is 7.96. The van der Waals surface area contributed by atoms with Gasteiger partial charge in [-0.1, -0.05) is 42.0 Å². The van der Waals surface area contributed by atoms with E-state index < -0.39 is 5.97 Å². The lowest BCUT2D eigenvalue weighted by Crippen LogP contribution is -2.07. The molecule has 5 heteroatoms. The van der Waals surface area contributed by atoms with Gasteiger partial charge >= 0.3 is 5.97 Å². The van der Waals surface area contributed by atoms with E-state index in [0.29, 0.717) is 12.1 Å². The minimum Gasteiger partial charge on any atom is -0.464 e. The Hall–Kier alpha value is -2.95. The molecule has 0 atom stereocenters. The van der Waals surface area contributed by atoms with Gasteiger partial charge in [0.2, 0.25) is 0 Å². The van der Waals surface area contributed by atoms with Crippen LogP contribution in [0.25, 0.3) is 11.3 Å². The number of esters is 1. The van der Waals surface area contributed by atoms with Crippen molar-refractivity contribution >= 4 is 5.97 Å². The summed E-state index contributed by atoms with van der Waals surface area (Å²) in [5.41, 5.74) is 4.45. The molecule has 1 heterocycles. The molecule has 3 aromatic rings. The van der Waals surface area contributed by atoms with E-state index in [4.69, 9.17) is 4.74 Å². The van der Waals surface area contributed by atoms with Crippen LogP contribution in [-0.2, 0) is 11.3 Å². The van der Waals surface area contributed by atoms with Crippen LogP contribution in [0.15, 0.2) is 48.5 Å². The summed E-state index contributed by atoms with van der Waals surface area (Å²) in [5, 5.41) is 4.35. The van der Waals surface area contributed by atoms with Gasteiger partial charge in [0.15, 0.2) is 5.69 Å². The zero-order chi connectivity index (χ0) is 18.0. The van der Waals surface area contributed by atoms with Crippen LogP contribution in [0.3, 0.4) is 0 Å². The van der Waals surface area contributed by atoms with Gasteiger partial charge in [0.25, 0.3) is 0 Å². The van der Waals surface area contributed by atoms with Crippen molar-refractivity contribution in [3.8, 4) is 11.3 Å². The average molecular weight is 338 g/mol. The summed E-state index contributed by atoms with van der Waals surface area (Å²) < 4.78 is 20.3. The molecule has 0 N–H and O–H groups in total. The van der Waals surface area contributed by atoms with Crippen LogP contribution in [0.1, 0.15) is 27.2 Å². The normalized spacial score (nSPS) is 10.7. The van der Waals surface area contributed by atoms with Crippen molar-refractivity contribution in [2.24, 2.45) is 0 Å². The molecule has 0 amide bonds. The van der Waals surface area contributed by atoms with Crippen molar-refractivity contribution in [3.05, 3.63) is 76.7 Å². The molecule has 128 valence electrons. The Morgan fingerprint density at radius 1 is 1.12 bits per heavy atom. The summed E-state index contributed by atoms with van der Waals surface area (Å²) in [6.45, 7) is 4.09. The van der Waals surface area contributed by atoms with E-state index in [2.05, 4.69) is 5.10 Å². The van der Waals surface area contributed by atoms with Gasteiger partial charge in [-0.15, -0.1) is 0 Å². The first-order chi connectivity index (χ1) is 12.0. The predicted molar refractivity (Wildman–Crippen MR) is 94.0 cm³/mol. The van der Waals surface area contributed by atoms with Crippen molar-refractivity contribution in [2.75, 3.05) is 7.11 Å². The summed E-state index contributed by atoms with van der Waals surface area (Å²) in [5.74, 6) is -0.753. The van der Waals surface area contributed by atoms with Gasteiger partial charge in [-0.3, -0.25) is 4.68 Å². The maximum Gasteiger partial charge on any atom is 0.358 e. The summed E-state index contributed by atoms with van der Waals surface area (Å²) >= 11 is 0. The van der Waals surface area contributed by atoms with Crippen LogP contribution in [0.5, 0.6) is 0 Å². The summed E-state index contributed by atoms with van der Waals surface area (Å²) in [4.78, 5) is 11.9. The zero-order valence-electron chi connectivity index (χ0n) is 14.4. The fourth-order valence-electron chi connectivity index (χ4n) is 2.61. The molecule has 2 aromatic carbocycles. The second kappa shape index (κ2) is 6.89. The third-order valence-corrected chi connectivity index (χ3v) is 4.09. The lowest BCUT2D eigenvalue weighted by molar-refractivity contribution is 0.0593. The van der Waals surface area contributed by atoms with Crippen LogP contribution in [-0.4, -0.2) is 22.9 Å². The van der Waals surface area contributed by atoms with Gasteiger partial charge in [-0.25, -0.2) is 9.18 Å². The van der Waals surface area contributed by atoms with Crippen molar-refractivity contribution in [3.63, 3.8) is 0 Å². The number of carbonyl (C=O) groups is 1. The van der Waals surface area contributed by atoms with Gasteiger partial charge < -0.3 is 4.74 Å². The standard InChI is InChI=1S/C20H19FN2O2/c1-13-4-8-16(9-5-13)19-11-18(20(24)25-3)22-23(19)12-15-7-6-14(2)17(21)10-15/h4-11H,12H2,1-3H3. The number of halogens is 1. The first kappa shape index (κ1) is 16.9. The monoisotopic (exact) mass is 338 g/mol. The second-order valence-corrected chi connectivity index (χ2v) is 6.01. The molecule has 3 rings (SSSR count). The molecule has 0 unspecified atom stereocenters. The highest BCUT2D eigenvalue weighted by Gasteiger charge is 2.16. The highest BCUT2D eigenvalue weighted by atomic mass is 19.1. The lowest BCUT2D eigenvalue weighted by atomic mass is 10.1. The number of benzene rings is 2. The fourth-order valence-corrected chi connectivity index (χ4v) is 2.61. The highest BCUT2D eigenvalue weighted by molar-refractivity contribution is 5.88. The number of methoxy groups -OCH3 is 1. The molecule has 0 saturated carbocycles. The van der Waals surface area contributed by atoms with E-state index in [1.165, 1.54) is 13.2 Å². The van der Waals surface area contributed by atoms with E-state index in [-0.39, 0.29) is 11.5 Å². The average Bonchev–Trinajstić information content (AvgIpc) is 3.02. The van der Waals surface area contributed by atoms with Crippen LogP contribution in [0.4, 0.5) is 4.39 Å². The Balaban J connectivity index is 2.03. The number of ether oxygens (including phenoxy) is 1. The number of nitrogens with zero attached hydrogens (tertiary/aromatic N) is 2. The zero-order valence-corrected chi connectivity index (χ0v) is 14.4. The highest BCUT2D eigenvalue weighted by Crippen LogP contribution is 2.23. The maximum absolute atomic E-state index is 13.8. The molecule has 0 fully saturated rings. The van der Waals surface area contributed by atoms with Crippen LogP contribution in [0.2, 0.25) is 0 Å². The number of carbonyl (C=O) groups excluding carboxylic acids is 1. The lowest BCUT2D eigenvalue weighted by Gasteiger charge is -2.09. The number of aryl methyl sites for hydroxylation is 2. The third-order valence-electron chi connectivity index (χ3n) is 4.09. The minimum absolute atomic E-state index is 0.227. The maximum atomic E-state index is 13.8. The van der Waals surface area contributed by atoms with Gasteiger partial charge in [0, 0.05) is 0 Å². The van der Waals surface area contributed by atoms with E-state index in [1.54, 1.807) is 23.7 Å². The molecule has 1 aromatic heterocycles. The van der Waals surface area contributed by atoms with E-state index in [9.17, 15) is 9.18 Å². The predicted octanol–water partition coefficient (Wildman–Crippen LogP) is 4.14. The van der Waals surface area contributed by atoms with Gasteiger partial charge in [-0.2, -0.15) is 5.10 Å². The van der Waals surface area contributed by atoms with E-state index in [1.807, 2.05) is 37.3 Å². The third kappa shape index (κ3) is 3.60. The van der Waals surface area contributed by atoms with Crippen molar-refractivity contribution in [1.82, 2.24) is 9.78 Å². The quantitative estimate of drug-likeness (QED) is 0.672. The molecule has 0 bridgehead atoms. The van der Waals surface area contributed by atoms with Crippen LogP contribution >= 0.6 is 0 Å². The van der Waals surface area contributed by atoms with Crippen LogP contribution < -0.4 is 0 Å². The number of aromatic nitrogens is 2. The van der Waals surface area contributed by atoms with Gasteiger partial charge in [-0.05, 0) is 42.7 Å². The summed E-state index contributed by atoms with van der Waals surface area (Å²) in [6, 6.07) is 14.7. The molecule has 0 spiro atoms. The molecule has 0 aliphatic heterocycles. The molecule has 4 nitrogen and oxygen atoms in total. The first-order valence-corrected chi connectivity index (χ1v) is 7.96. The molecule has 0 saturated heterocycles. The van der Waals surface area contributed by atoms with E-state index >= 15 is 0 Å². The molecular weight excluding hydrogens is 319 g/mol. The van der Waals surface area contributed by atoms with Gasteiger partial charge in [0.05, 0.1) is 19.3 Å². The Morgan fingerprint density at radius 2 is 1.84 bits per heavy atom. The van der Waals surface area contributed by atoms with E-state index in [0.717, 1.165) is 22.4 Å². The Morgan fingerprint density at radius 3 is 2.48 bits per heavy atom. The van der Waals surface area contributed by atoms with Crippen molar-refractivity contribution < 1.29 is 13.9 Å². The Labute approximate surface area is 145 Å². The number of rotatable bonds is 4. The number of hydrogen-bond donors (Lipinski definition) is 0. The SMILES string of the molecule is COC(=O)c1cc(-c2ccc(C)cc2)n(Cc2ccc(C)c(F)c2)n1. The molecule has 0 aliphatic rings. The van der Waals surface area contributed by atoms with Crippen molar-refractivity contribution in [2.45, 2.75) is 20.4 Å². The molecule has 0 aliphatic carbocycles. The minimum atomic E-state index is -0.498. The fraction of sp³-hybridized carbons (Fsp3) is 0.200. The largest absolute Gasteiger partial charge is 0.464 e. The molecule has 0 radical (unpaired) electrons. The molecule has 25 heavy (non-hydrogen) atoms. The molecular formula is C20H19FN2O2. The Kier molecular flexibility index (Phi) is 4.65. The summed E-state index contributed by atoms with van der Waals surface area (Å²) in [6.07, 6.45) is 0. The van der Waals surface area contributed by atoms with Crippen LogP contribution in [0, 0.1) is 19.7 Å². The van der Waals surface area contributed by atoms with Crippen molar-refractivity contribution in [1.29, 1.82) is 0 Å². The van der Waals surface area contributed by atoms with Gasteiger partial charge in [0.1, 0.15) is 5.82 Å². The number of hydrogen-bond acceptors (Lipinski definition) is 3. The second-order valence-electron chi connectivity index (χ2n) is 6.01. The Bertz CT molecular complexity index is 914. The topological polar surface area (TPSA) is 44.1 Å². The summed E-state index contributed by atoms with van der Waals surface area (Å²) in [7, 11) is 1.32.